The minimum atomic E-state index is -0.945. The Morgan fingerprint density at radius 1 is 1.52 bits per heavy atom. The Balaban J connectivity index is 2.14. The van der Waals surface area contributed by atoms with E-state index in [-0.39, 0.29) is 6.10 Å². The number of aliphatic carboxylic acids is 1. The van der Waals surface area contributed by atoms with Crippen molar-refractivity contribution >= 4 is 33.7 Å². The predicted molar refractivity (Wildman–Crippen MR) is 87.7 cm³/mol. The van der Waals surface area contributed by atoms with Gasteiger partial charge in [-0.1, -0.05) is 15.9 Å². The van der Waals surface area contributed by atoms with Crippen LogP contribution in [-0.4, -0.2) is 37.4 Å². The molecular weight excluding hydrogens is 334 g/mol. The Morgan fingerprint density at radius 3 is 3.00 bits per heavy atom. The first kappa shape index (κ1) is 16.0. The van der Waals surface area contributed by atoms with Gasteiger partial charge in [0.1, 0.15) is 0 Å². The van der Waals surface area contributed by atoms with Gasteiger partial charge in [0.15, 0.2) is 0 Å². The van der Waals surface area contributed by atoms with Crippen LogP contribution in [0.3, 0.4) is 0 Å². The van der Waals surface area contributed by atoms with Crippen molar-refractivity contribution in [3.63, 3.8) is 0 Å². The molecule has 0 spiro atoms. The van der Waals surface area contributed by atoms with Crippen molar-refractivity contribution in [1.82, 2.24) is 0 Å². The minimum Gasteiger partial charge on any atom is -0.478 e. The highest BCUT2D eigenvalue weighted by Crippen LogP contribution is 2.26. The summed E-state index contributed by atoms with van der Waals surface area (Å²) >= 11 is 3.43. The molecule has 0 aromatic heterocycles. The molecular formula is C16H20BrNO3. The fourth-order valence-electron chi connectivity index (χ4n) is 2.52. The highest BCUT2D eigenvalue weighted by Gasteiger charge is 2.17. The summed E-state index contributed by atoms with van der Waals surface area (Å²) in [7, 11) is 2.01. The molecule has 1 saturated heterocycles. The van der Waals surface area contributed by atoms with Gasteiger partial charge in [-0.2, -0.15) is 0 Å². The highest BCUT2D eigenvalue weighted by atomic mass is 79.9. The van der Waals surface area contributed by atoms with Gasteiger partial charge in [0.2, 0.25) is 0 Å². The van der Waals surface area contributed by atoms with Gasteiger partial charge in [-0.15, -0.1) is 0 Å². The number of hydrogen-bond acceptors (Lipinski definition) is 3. The average Bonchev–Trinajstić information content (AvgIpc) is 2.46. The minimum absolute atomic E-state index is 0.253. The molecule has 1 heterocycles. The molecule has 1 N–H and O–H groups in total. The van der Waals surface area contributed by atoms with Crippen LogP contribution in [0.1, 0.15) is 24.8 Å². The largest absolute Gasteiger partial charge is 0.478 e. The van der Waals surface area contributed by atoms with E-state index in [1.165, 1.54) is 6.42 Å². The fourth-order valence-corrected chi connectivity index (χ4v) is 2.90. The summed E-state index contributed by atoms with van der Waals surface area (Å²) in [4.78, 5) is 12.9. The number of hydrogen-bond donors (Lipinski definition) is 1. The zero-order chi connectivity index (χ0) is 15.2. The van der Waals surface area contributed by atoms with Crippen molar-refractivity contribution in [3.05, 3.63) is 34.3 Å². The molecule has 1 aromatic carbocycles. The van der Waals surface area contributed by atoms with Crippen LogP contribution >= 0.6 is 15.9 Å². The number of rotatable bonds is 5. The SMILES string of the molecule is CN(CC1CCCCO1)c1ccc(Br)cc1/C=C/C(=O)O. The number of ether oxygens (including phenoxy) is 1. The van der Waals surface area contributed by atoms with Crippen molar-refractivity contribution in [2.75, 3.05) is 25.1 Å². The van der Waals surface area contributed by atoms with Gasteiger partial charge in [-0.05, 0) is 49.1 Å². The summed E-state index contributed by atoms with van der Waals surface area (Å²) < 4.78 is 6.70. The molecule has 114 valence electrons. The molecule has 1 fully saturated rings. The van der Waals surface area contributed by atoms with Crippen LogP contribution in [0.2, 0.25) is 0 Å². The van der Waals surface area contributed by atoms with E-state index < -0.39 is 5.97 Å². The molecule has 1 aliphatic heterocycles. The molecule has 5 heteroatoms. The van der Waals surface area contributed by atoms with Gasteiger partial charge in [0, 0.05) is 36.4 Å². The maximum atomic E-state index is 10.7. The van der Waals surface area contributed by atoms with Gasteiger partial charge in [0.05, 0.1) is 6.10 Å². The van der Waals surface area contributed by atoms with Gasteiger partial charge in [-0.3, -0.25) is 0 Å². The summed E-state index contributed by atoms with van der Waals surface area (Å²) in [6, 6.07) is 5.88. The first-order chi connectivity index (χ1) is 10.1. The third-order valence-electron chi connectivity index (χ3n) is 3.56. The first-order valence-corrected chi connectivity index (χ1v) is 7.89. The summed E-state index contributed by atoms with van der Waals surface area (Å²) in [6.07, 6.45) is 6.48. The lowest BCUT2D eigenvalue weighted by atomic mass is 10.1. The van der Waals surface area contributed by atoms with Crippen LogP contribution in [0.15, 0.2) is 28.7 Å². The zero-order valence-electron chi connectivity index (χ0n) is 12.1. The molecule has 0 radical (unpaired) electrons. The maximum absolute atomic E-state index is 10.7. The number of benzene rings is 1. The number of carbonyl (C=O) groups is 1. The molecule has 0 bridgehead atoms. The second-order valence-electron chi connectivity index (χ2n) is 5.24. The molecule has 0 saturated carbocycles. The van der Waals surface area contributed by atoms with E-state index in [1.807, 2.05) is 25.2 Å². The molecule has 1 aromatic rings. The van der Waals surface area contributed by atoms with Crippen LogP contribution in [0.4, 0.5) is 5.69 Å². The monoisotopic (exact) mass is 353 g/mol. The van der Waals surface area contributed by atoms with Crippen molar-refractivity contribution in [2.45, 2.75) is 25.4 Å². The van der Waals surface area contributed by atoms with Gasteiger partial charge >= 0.3 is 5.97 Å². The van der Waals surface area contributed by atoms with E-state index in [4.69, 9.17) is 9.84 Å². The number of halogens is 1. The fraction of sp³-hybridized carbons (Fsp3) is 0.438. The van der Waals surface area contributed by atoms with E-state index in [0.29, 0.717) is 0 Å². The summed E-state index contributed by atoms with van der Waals surface area (Å²) in [6.45, 7) is 1.65. The third kappa shape index (κ3) is 4.86. The Kier molecular flexibility index (Phi) is 5.82. The number of anilines is 1. The van der Waals surface area contributed by atoms with E-state index >= 15 is 0 Å². The van der Waals surface area contributed by atoms with E-state index in [2.05, 4.69) is 20.8 Å². The lowest BCUT2D eigenvalue weighted by Crippen LogP contribution is -2.33. The Bertz CT molecular complexity index is 524. The first-order valence-electron chi connectivity index (χ1n) is 7.09. The van der Waals surface area contributed by atoms with Crippen molar-refractivity contribution < 1.29 is 14.6 Å². The molecule has 1 aliphatic rings. The van der Waals surface area contributed by atoms with Crippen LogP contribution in [0.25, 0.3) is 6.08 Å². The Morgan fingerprint density at radius 2 is 2.33 bits per heavy atom. The Labute approximate surface area is 133 Å². The van der Waals surface area contributed by atoms with E-state index in [9.17, 15) is 4.79 Å². The molecule has 0 amide bonds. The van der Waals surface area contributed by atoms with Gasteiger partial charge in [-0.25, -0.2) is 4.79 Å². The Hall–Kier alpha value is -1.33. The van der Waals surface area contributed by atoms with E-state index in [0.717, 1.165) is 47.8 Å². The molecule has 4 nitrogen and oxygen atoms in total. The standard InChI is InChI=1S/C16H20BrNO3/c1-18(11-14-4-2-3-9-21-14)15-7-6-13(17)10-12(15)5-8-16(19)20/h5-8,10,14H,2-4,9,11H2,1H3,(H,19,20)/b8-5+. The smallest absolute Gasteiger partial charge is 0.328 e. The molecule has 1 unspecified atom stereocenters. The van der Waals surface area contributed by atoms with Crippen molar-refractivity contribution in [1.29, 1.82) is 0 Å². The maximum Gasteiger partial charge on any atom is 0.328 e. The predicted octanol–water partition coefficient (Wildman–Crippen LogP) is 3.55. The van der Waals surface area contributed by atoms with E-state index in [1.54, 1.807) is 6.08 Å². The topological polar surface area (TPSA) is 49.8 Å². The number of carboxylic acid groups (broad SMARTS) is 1. The van der Waals surface area contributed by atoms with Crippen molar-refractivity contribution in [3.8, 4) is 0 Å². The van der Waals surface area contributed by atoms with Crippen LogP contribution in [0.5, 0.6) is 0 Å². The van der Waals surface area contributed by atoms with Gasteiger partial charge in [0.25, 0.3) is 0 Å². The number of carboxylic acids is 1. The quantitative estimate of drug-likeness (QED) is 0.822. The van der Waals surface area contributed by atoms with Gasteiger partial charge < -0.3 is 14.7 Å². The highest BCUT2D eigenvalue weighted by molar-refractivity contribution is 9.10. The number of nitrogens with zero attached hydrogens (tertiary/aromatic N) is 1. The average molecular weight is 354 g/mol. The second-order valence-corrected chi connectivity index (χ2v) is 6.16. The summed E-state index contributed by atoms with van der Waals surface area (Å²) in [5.74, 6) is -0.945. The van der Waals surface area contributed by atoms with Crippen molar-refractivity contribution in [2.24, 2.45) is 0 Å². The summed E-state index contributed by atoms with van der Waals surface area (Å²) in [5.41, 5.74) is 1.88. The third-order valence-corrected chi connectivity index (χ3v) is 4.05. The molecule has 2 rings (SSSR count). The molecule has 1 atom stereocenters. The second kappa shape index (κ2) is 7.61. The lowest BCUT2D eigenvalue weighted by molar-refractivity contribution is -0.131. The zero-order valence-corrected chi connectivity index (χ0v) is 13.7. The van der Waals surface area contributed by atoms with Crippen LogP contribution in [0, 0.1) is 0 Å². The van der Waals surface area contributed by atoms with Crippen LogP contribution in [-0.2, 0) is 9.53 Å². The lowest BCUT2D eigenvalue weighted by Gasteiger charge is -2.29. The summed E-state index contributed by atoms with van der Waals surface area (Å²) in [5, 5.41) is 8.80. The molecule has 0 aliphatic carbocycles. The molecule has 21 heavy (non-hydrogen) atoms. The number of likely N-dealkylation sites (N-methyl/N-ethyl adjacent to an activating group) is 1. The normalized spacial score (nSPS) is 18.9. The van der Waals surface area contributed by atoms with Crippen LogP contribution < -0.4 is 4.90 Å².